The molecule has 220 valence electrons. The number of rotatable bonds is 8. The molecule has 2 aliphatic rings. The van der Waals surface area contributed by atoms with E-state index in [2.05, 4.69) is 25.3 Å². The zero-order valence-corrected chi connectivity index (χ0v) is 23.5. The summed E-state index contributed by atoms with van der Waals surface area (Å²) in [4.78, 5) is 22.2. The molecule has 0 spiro atoms. The molecule has 4 rings (SSSR count). The molecule has 4 N–H and O–H groups in total. The number of carbonyl (C=O) groups is 1. The van der Waals surface area contributed by atoms with Gasteiger partial charge < -0.3 is 20.6 Å². The van der Waals surface area contributed by atoms with Gasteiger partial charge >= 0.3 is 6.18 Å². The molecule has 0 saturated heterocycles. The number of benzene rings is 1. The van der Waals surface area contributed by atoms with Crippen molar-refractivity contribution in [3.63, 3.8) is 0 Å². The van der Waals surface area contributed by atoms with Crippen molar-refractivity contribution in [1.29, 1.82) is 0 Å². The van der Waals surface area contributed by atoms with Crippen molar-refractivity contribution in [2.24, 2.45) is 0 Å². The standard InChI is InChI=1S/C26H35F3N6O4S/c1-25(2,37)13-22(36)35-11-10-16-12-20(5-4-17(16)15-35)32-24-30-14-21(26(27,28)29)23(33-24)31-18-6-8-19(9-7-18)34-40(3,38)39/h4-5,12,14,18-19,34,37H,6-11,13,15H2,1-3H3,(H2,30,31,32,33). The average molecular weight is 585 g/mol. The molecule has 10 nitrogen and oxygen atoms in total. The van der Waals surface area contributed by atoms with E-state index in [1.165, 1.54) is 0 Å². The van der Waals surface area contributed by atoms with Crippen LogP contribution in [0.3, 0.4) is 0 Å². The van der Waals surface area contributed by atoms with Gasteiger partial charge in [0.1, 0.15) is 11.4 Å². The Morgan fingerprint density at radius 3 is 2.42 bits per heavy atom. The molecule has 40 heavy (non-hydrogen) atoms. The summed E-state index contributed by atoms with van der Waals surface area (Å²) >= 11 is 0. The molecule has 1 aliphatic carbocycles. The first-order valence-corrected chi connectivity index (χ1v) is 15.0. The molecule has 14 heteroatoms. The first-order chi connectivity index (χ1) is 18.6. The molecule has 1 aliphatic heterocycles. The molecule has 1 amide bonds. The number of aromatic nitrogens is 2. The van der Waals surface area contributed by atoms with Crippen LogP contribution in [0, 0.1) is 0 Å². The van der Waals surface area contributed by atoms with E-state index >= 15 is 0 Å². The third-order valence-electron chi connectivity index (χ3n) is 6.95. The maximum absolute atomic E-state index is 13.7. The Bertz CT molecular complexity index is 1340. The molecule has 0 radical (unpaired) electrons. The van der Waals surface area contributed by atoms with Gasteiger partial charge in [-0.1, -0.05) is 6.07 Å². The number of sulfonamides is 1. The van der Waals surface area contributed by atoms with Crippen molar-refractivity contribution in [3.8, 4) is 0 Å². The maximum atomic E-state index is 13.7. The zero-order chi connectivity index (χ0) is 29.3. The van der Waals surface area contributed by atoms with Gasteiger partial charge in [-0.05, 0) is 69.2 Å². The minimum absolute atomic E-state index is 0.000620. The third kappa shape index (κ3) is 8.27. The second kappa shape index (κ2) is 11.5. The Balaban J connectivity index is 1.45. The van der Waals surface area contributed by atoms with Crippen LogP contribution in [0.4, 0.5) is 30.6 Å². The number of carbonyl (C=O) groups excluding carboxylic acids is 1. The summed E-state index contributed by atoms with van der Waals surface area (Å²) in [5, 5.41) is 15.8. The molecule has 1 aromatic heterocycles. The molecule has 2 aromatic rings. The summed E-state index contributed by atoms with van der Waals surface area (Å²) in [6.45, 7) is 4.10. The molecular formula is C26H35F3N6O4S. The van der Waals surface area contributed by atoms with Crippen molar-refractivity contribution >= 4 is 33.4 Å². The van der Waals surface area contributed by atoms with Crippen LogP contribution in [0.15, 0.2) is 24.4 Å². The van der Waals surface area contributed by atoms with Crippen LogP contribution in [0.25, 0.3) is 0 Å². The third-order valence-corrected chi connectivity index (χ3v) is 7.72. The van der Waals surface area contributed by atoms with Gasteiger partial charge in [0.05, 0.1) is 18.3 Å². The van der Waals surface area contributed by atoms with Crippen LogP contribution in [-0.4, -0.2) is 64.8 Å². The summed E-state index contributed by atoms with van der Waals surface area (Å²) in [5.74, 6) is -0.456. The number of hydrogen-bond acceptors (Lipinski definition) is 8. The second-order valence-corrected chi connectivity index (χ2v) is 13.0. The average Bonchev–Trinajstić information content (AvgIpc) is 2.82. The maximum Gasteiger partial charge on any atom is 0.421 e. The highest BCUT2D eigenvalue weighted by Gasteiger charge is 2.36. The number of amides is 1. The smallest absolute Gasteiger partial charge is 0.390 e. The second-order valence-electron chi connectivity index (χ2n) is 11.2. The van der Waals surface area contributed by atoms with Crippen LogP contribution in [0.5, 0.6) is 0 Å². The lowest BCUT2D eigenvalue weighted by molar-refractivity contribution is -0.137. The lowest BCUT2D eigenvalue weighted by Gasteiger charge is -2.31. The summed E-state index contributed by atoms with van der Waals surface area (Å²) < 4.78 is 66.7. The first-order valence-electron chi connectivity index (χ1n) is 13.1. The highest BCUT2D eigenvalue weighted by molar-refractivity contribution is 7.88. The fourth-order valence-electron chi connectivity index (χ4n) is 5.07. The number of hydrogen-bond donors (Lipinski definition) is 4. The largest absolute Gasteiger partial charge is 0.421 e. The van der Waals surface area contributed by atoms with Gasteiger partial charge in [0, 0.05) is 37.1 Å². The molecule has 0 atom stereocenters. The zero-order valence-electron chi connectivity index (χ0n) is 22.7. The van der Waals surface area contributed by atoms with Gasteiger partial charge in [0.25, 0.3) is 0 Å². The lowest BCUT2D eigenvalue weighted by atomic mass is 9.92. The fourth-order valence-corrected chi connectivity index (χ4v) is 5.91. The Morgan fingerprint density at radius 2 is 1.80 bits per heavy atom. The highest BCUT2D eigenvalue weighted by atomic mass is 32.2. The minimum Gasteiger partial charge on any atom is -0.390 e. The summed E-state index contributed by atoms with van der Waals surface area (Å²) in [5.41, 5.74) is 0.499. The van der Waals surface area contributed by atoms with Crippen LogP contribution >= 0.6 is 0 Å². The molecule has 2 heterocycles. The molecule has 1 fully saturated rings. The first kappa shape index (κ1) is 30.0. The number of anilines is 3. The van der Waals surface area contributed by atoms with E-state index in [1.54, 1.807) is 24.8 Å². The van der Waals surface area contributed by atoms with E-state index in [-0.39, 0.29) is 36.2 Å². The van der Waals surface area contributed by atoms with E-state index in [1.807, 2.05) is 12.1 Å². The lowest BCUT2D eigenvalue weighted by Crippen LogP contribution is -2.39. The van der Waals surface area contributed by atoms with Gasteiger partial charge in [-0.3, -0.25) is 4.79 Å². The Kier molecular flexibility index (Phi) is 8.62. The molecule has 1 saturated carbocycles. The van der Waals surface area contributed by atoms with Crippen molar-refractivity contribution < 1.29 is 31.5 Å². The van der Waals surface area contributed by atoms with E-state index < -0.39 is 27.4 Å². The number of fused-ring (bicyclic) bond motifs is 1. The normalized spacial score (nSPS) is 20.1. The predicted octanol–water partition coefficient (Wildman–Crippen LogP) is 3.56. The highest BCUT2D eigenvalue weighted by Crippen LogP contribution is 2.35. The van der Waals surface area contributed by atoms with Gasteiger partial charge in [0.2, 0.25) is 21.9 Å². The Labute approximate surface area is 231 Å². The fraction of sp³-hybridized carbons (Fsp3) is 0.577. The number of halogens is 3. The van der Waals surface area contributed by atoms with Crippen molar-refractivity contribution in [3.05, 3.63) is 41.1 Å². The predicted molar refractivity (Wildman–Crippen MR) is 144 cm³/mol. The molecular weight excluding hydrogens is 549 g/mol. The van der Waals surface area contributed by atoms with Crippen molar-refractivity contribution in [2.45, 2.75) is 82.8 Å². The number of aliphatic hydroxyl groups is 1. The molecule has 1 aromatic carbocycles. The summed E-state index contributed by atoms with van der Waals surface area (Å²) in [7, 11) is -3.36. The number of alkyl halides is 3. The van der Waals surface area contributed by atoms with Gasteiger partial charge in [-0.25, -0.2) is 18.1 Å². The Morgan fingerprint density at radius 1 is 1.12 bits per heavy atom. The van der Waals surface area contributed by atoms with Crippen LogP contribution in [0.2, 0.25) is 0 Å². The van der Waals surface area contributed by atoms with Gasteiger partial charge in [0.15, 0.2) is 0 Å². The topological polar surface area (TPSA) is 137 Å². The van der Waals surface area contributed by atoms with E-state index in [0.717, 1.165) is 23.6 Å². The number of nitrogens with one attached hydrogen (secondary N) is 3. The van der Waals surface area contributed by atoms with Gasteiger partial charge in [-0.2, -0.15) is 18.2 Å². The van der Waals surface area contributed by atoms with Crippen LogP contribution in [-0.2, 0) is 34.0 Å². The van der Waals surface area contributed by atoms with E-state index in [4.69, 9.17) is 0 Å². The monoisotopic (exact) mass is 584 g/mol. The van der Waals surface area contributed by atoms with Crippen molar-refractivity contribution in [1.82, 2.24) is 19.6 Å². The van der Waals surface area contributed by atoms with E-state index in [9.17, 15) is 31.5 Å². The molecule has 0 unspecified atom stereocenters. The van der Waals surface area contributed by atoms with Crippen molar-refractivity contribution in [2.75, 3.05) is 23.4 Å². The SMILES string of the molecule is CC(C)(O)CC(=O)N1CCc2cc(Nc3ncc(C(F)(F)F)c(NC4CCC(NS(C)(=O)=O)CC4)n3)ccc2C1. The number of nitrogens with zero attached hydrogens (tertiary/aromatic N) is 3. The minimum atomic E-state index is -4.66. The van der Waals surface area contributed by atoms with E-state index in [0.29, 0.717) is 50.9 Å². The summed E-state index contributed by atoms with van der Waals surface area (Å²) in [6.07, 6.45) is -0.233. The Hall–Kier alpha value is -2.97. The summed E-state index contributed by atoms with van der Waals surface area (Å²) in [6, 6.07) is 4.94. The van der Waals surface area contributed by atoms with Crippen LogP contribution in [0.1, 0.15) is 62.6 Å². The molecule has 0 bridgehead atoms. The van der Waals surface area contributed by atoms with Gasteiger partial charge in [-0.15, -0.1) is 0 Å². The van der Waals surface area contributed by atoms with Crippen LogP contribution < -0.4 is 15.4 Å². The quantitative estimate of drug-likeness (QED) is 0.370.